The number of rotatable bonds is 6. The van der Waals surface area contributed by atoms with Gasteiger partial charge in [0.15, 0.2) is 0 Å². The number of imidazole rings is 1. The minimum absolute atomic E-state index is 0.204. The molecule has 1 aromatic carbocycles. The van der Waals surface area contributed by atoms with E-state index in [1.54, 1.807) is 0 Å². The molecule has 0 amide bonds. The van der Waals surface area contributed by atoms with E-state index < -0.39 is 0 Å². The van der Waals surface area contributed by atoms with Crippen molar-refractivity contribution in [2.24, 2.45) is 7.05 Å². The summed E-state index contributed by atoms with van der Waals surface area (Å²) in [4.78, 5) is 4.28. The molecule has 0 aliphatic rings. The summed E-state index contributed by atoms with van der Waals surface area (Å²) in [5.74, 6) is 1.96. The van der Waals surface area contributed by atoms with Crippen LogP contribution in [0.25, 0.3) is 0 Å². The number of aryl methyl sites for hydroxylation is 1. The second-order valence-corrected chi connectivity index (χ2v) is 4.87. The third kappa shape index (κ3) is 4.10. The van der Waals surface area contributed by atoms with E-state index in [1.807, 2.05) is 50.0 Å². The Balaban J connectivity index is 1.87. The lowest BCUT2D eigenvalue weighted by atomic mass is 10.2. The van der Waals surface area contributed by atoms with Crippen molar-refractivity contribution in [3.8, 4) is 5.75 Å². The number of benzene rings is 1. The van der Waals surface area contributed by atoms with Gasteiger partial charge in [0.05, 0.1) is 12.6 Å². The Labute approximate surface area is 114 Å². The summed E-state index contributed by atoms with van der Waals surface area (Å²) in [6.07, 6.45) is 3.97. The van der Waals surface area contributed by atoms with E-state index in [2.05, 4.69) is 22.4 Å². The van der Waals surface area contributed by atoms with E-state index in [1.165, 1.54) is 5.56 Å². The summed E-state index contributed by atoms with van der Waals surface area (Å²) < 4.78 is 7.70. The van der Waals surface area contributed by atoms with Gasteiger partial charge in [0, 0.05) is 26.0 Å². The van der Waals surface area contributed by atoms with Crippen molar-refractivity contribution < 1.29 is 4.74 Å². The van der Waals surface area contributed by atoms with Crippen LogP contribution in [0.2, 0.25) is 0 Å². The van der Waals surface area contributed by atoms with Gasteiger partial charge in [-0.25, -0.2) is 4.98 Å². The first-order valence-corrected chi connectivity index (χ1v) is 6.57. The van der Waals surface area contributed by atoms with Gasteiger partial charge in [-0.15, -0.1) is 0 Å². The van der Waals surface area contributed by atoms with Gasteiger partial charge >= 0.3 is 0 Å². The summed E-state index contributed by atoms with van der Waals surface area (Å²) in [5, 5.41) is 3.39. The monoisotopic (exact) mass is 259 g/mol. The second-order valence-electron chi connectivity index (χ2n) is 4.87. The number of nitrogens with one attached hydrogen (secondary N) is 1. The molecule has 4 nitrogen and oxygen atoms in total. The highest BCUT2D eigenvalue weighted by atomic mass is 16.5. The molecule has 0 radical (unpaired) electrons. The Kier molecular flexibility index (Phi) is 4.58. The van der Waals surface area contributed by atoms with Gasteiger partial charge in [-0.3, -0.25) is 0 Å². The van der Waals surface area contributed by atoms with Crippen molar-refractivity contribution in [3.05, 3.63) is 48.0 Å². The maximum absolute atomic E-state index is 5.68. The second kappa shape index (κ2) is 6.38. The molecule has 0 bridgehead atoms. The molecular weight excluding hydrogens is 238 g/mol. The highest BCUT2D eigenvalue weighted by Gasteiger charge is 2.01. The third-order valence-corrected chi connectivity index (χ3v) is 2.80. The Morgan fingerprint density at radius 2 is 2.16 bits per heavy atom. The lowest BCUT2D eigenvalue weighted by molar-refractivity contribution is 0.242. The highest BCUT2D eigenvalue weighted by Crippen LogP contribution is 2.14. The minimum Gasteiger partial charge on any atom is -0.491 e. The maximum Gasteiger partial charge on any atom is 0.122 e. The van der Waals surface area contributed by atoms with E-state index in [9.17, 15) is 0 Å². The zero-order chi connectivity index (χ0) is 13.7. The number of aromatic nitrogens is 2. The average molecular weight is 259 g/mol. The quantitative estimate of drug-likeness (QED) is 0.866. The van der Waals surface area contributed by atoms with Crippen molar-refractivity contribution >= 4 is 0 Å². The lowest BCUT2D eigenvalue weighted by Gasteiger charge is -2.11. The first kappa shape index (κ1) is 13.6. The van der Waals surface area contributed by atoms with Crippen LogP contribution in [0.3, 0.4) is 0 Å². The standard InChI is InChI=1S/C15H21N3O/c1-12(2)19-14-6-4-5-13(9-14)10-16-11-15-17-7-8-18(15)3/h4-9,12,16H,10-11H2,1-3H3. The van der Waals surface area contributed by atoms with Gasteiger partial charge in [-0.1, -0.05) is 12.1 Å². The van der Waals surface area contributed by atoms with Crippen LogP contribution in [-0.4, -0.2) is 15.7 Å². The molecule has 2 rings (SSSR count). The molecule has 1 N–H and O–H groups in total. The SMILES string of the molecule is CC(C)Oc1cccc(CNCc2nccn2C)c1. The van der Waals surface area contributed by atoms with Crippen LogP contribution in [0.1, 0.15) is 25.2 Å². The molecule has 0 saturated carbocycles. The Hall–Kier alpha value is -1.81. The molecule has 0 unspecified atom stereocenters. The number of hydrogen-bond acceptors (Lipinski definition) is 3. The number of hydrogen-bond donors (Lipinski definition) is 1. The largest absolute Gasteiger partial charge is 0.491 e. The van der Waals surface area contributed by atoms with Gasteiger partial charge < -0.3 is 14.6 Å². The van der Waals surface area contributed by atoms with E-state index in [0.29, 0.717) is 0 Å². The predicted molar refractivity (Wildman–Crippen MR) is 76.0 cm³/mol. The van der Waals surface area contributed by atoms with Crippen LogP contribution in [0.5, 0.6) is 5.75 Å². The molecule has 0 fully saturated rings. The molecule has 102 valence electrons. The van der Waals surface area contributed by atoms with Crippen molar-refractivity contribution in [3.63, 3.8) is 0 Å². The first-order chi connectivity index (χ1) is 9.15. The fourth-order valence-corrected chi connectivity index (χ4v) is 1.89. The summed E-state index contributed by atoms with van der Waals surface area (Å²) in [7, 11) is 2.00. The molecule has 0 saturated heterocycles. The van der Waals surface area contributed by atoms with Crippen molar-refractivity contribution in [2.75, 3.05) is 0 Å². The minimum atomic E-state index is 0.204. The molecule has 19 heavy (non-hydrogen) atoms. The van der Waals surface area contributed by atoms with E-state index >= 15 is 0 Å². The van der Waals surface area contributed by atoms with Gasteiger partial charge in [0.1, 0.15) is 11.6 Å². The third-order valence-electron chi connectivity index (χ3n) is 2.80. The lowest BCUT2D eigenvalue weighted by Crippen LogP contribution is -2.15. The zero-order valence-corrected chi connectivity index (χ0v) is 11.8. The van der Waals surface area contributed by atoms with Crippen LogP contribution in [0, 0.1) is 0 Å². The van der Waals surface area contributed by atoms with E-state index in [-0.39, 0.29) is 6.10 Å². The Morgan fingerprint density at radius 3 is 2.84 bits per heavy atom. The normalized spacial score (nSPS) is 10.9. The fraction of sp³-hybridized carbons (Fsp3) is 0.400. The molecule has 0 atom stereocenters. The van der Waals surface area contributed by atoms with Crippen molar-refractivity contribution in [1.82, 2.24) is 14.9 Å². The summed E-state index contributed by atoms with van der Waals surface area (Å²) in [6, 6.07) is 8.18. The number of ether oxygens (including phenoxy) is 1. The van der Waals surface area contributed by atoms with Crippen LogP contribution in [0.15, 0.2) is 36.7 Å². The van der Waals surface area contributed by atoms with Gasteiger partial charge in [0.25, 0.3) is 0 Å². The topological polar surface area (TPSA) is 39.1 Å². The molecule has 0 aliphatic heterocycles. The molecule has 0 spiro atoms. The van der Waals surface area contributed by atoms with Crippen molar-refractivity contribution in [2.45, 2.75) is 33.0 Å². The summed E-state index contributed by atoms with van der Waals surface area (Å²) in [6.45, 7) is 5.64. The molecule has 1 heterocycles. The van der Waals surface area contributed by atoms with Gasteiger partial charge in [0.2, 0.25) is 0 Å². The molecule has 1 aromatic heterocycles. The van der Waals surface area contributed by atoms with Gasteiger partial charge in [-0.05, 0) is 31.5 Å². The molecule has 2 aromatic rings. The summed E-state index contributed by atoms with van der Waals surface area (Å²) in [5.41, 5.74) is 1.22. The summed E-state index contributed by atoms with van der Waals surface area (Å²) >= 11 is 0. The molecule has 4 heteroatoms. The Bertz CT molecular complexity index is 520. The van der Waals surface area contributed by atoms with Crippen LogP contribution in [0.4, 0.5) is 0 Å². The van der Waals surface area contributed by atoms with Gasteiger partial charge in [-0.2, -0.15) is 0 Å². The fourth-order valence-electron chi connectivity index (χ4n) is 1.89. The predicted octanol–water partition coefficient (Wildman–Crippen LogP) is 2.50. The van der Waals surface area contributed by atoms with E-state index in [4.69, 9.17) is 4.74 Å². The number of nitrogens with zero attached hydrogens (tertiary/aromatic N) is 2. The van der Waals surface area contributed by atoms with Crippen LogP contribution >= 0.6 is 0 Å². The van der Waals surface area contributed by atoms with Crippen LogP contribution < -0.4 is 10.1 Å². The Morgan fingerprint density at radius 1 is 1.32 bits per heavy atom. The molecular formula is C15H21N3O. The van der Waals surface area contributed by atoms with Crippen molar-refractivity contribution in [1.29, 1.82) is 0 Å². The van der Waals surface area contributed by atoms with E-state index in [0.717, 1.165) is 24.7 Å². The molecule has 0 aliphatic carbocycles. The first-order valence-electron chi connectivity index (χ1n) is 6.57. The van der Waals surface area contributed by atoms with Crippen LogP contribution in [-0.2, 0) is 20.1 Å². The highest BCUT2D eigenvalue weighted by molar-refractivity contribution is 5.28. The zero-order valence-electron chi connectivity index (χ0n) is 11.8. The smallest absolute Gasteiger partial charge is 0.122 e. The maximum atomic E-state index is 5.68. The average Bonchev–Trinajstić information content (AvgIpc) is 2.75.